The molecule has 1 aliphatic rings. The Morgan fingerprint density at radius 3 is 3.17 bits per heavy atom. The molecule has 4 heteroatoms. The van der Waals surface area contributed by atoms with Crippen LogP contribution in [0, 0.1) is 0 Å². The van der Waals surface area contributed by atoms with Crippen LogP contribution in [0.1, 0.15) is 0 Å². The van der Waals surface area contributed by atoms with E-state index < -0.39 is 0 Å². The number of nitrogens with zero attached hydrogens (tertiary/aromatic N) is 1. The third-order valence-electron chi connectivity index (χ3n) is 1.88. The molecule has 1 atom stereocenters. The molecule has 1 rings (SSSR count). The van der Waals surface area contributed by atoms with Gasteiger partial charge in [-0.25, -0.2) is 0 Å². The van der Waals surface area contributed by atoms with E-state index in [1.54, 1.807) is 0 Å². The standard InChI is InChI=1S/C8H14ClNO2/c9-2-1-3-10-4-5-12-8(6-10)7-11/h1-2,8,11H,3-7H2/b2-1+. The zero-order valence-electron chi connectivity index (χ0n) is 6.95. The van der Waals surface area contributed by atoms with Crippen LogP contribution in [0.5, 0.6) is 0 Å². The fraction of sp³-hybridized carbons (Fsp3) is 0.750. The number of aliphatic hydroxyl groups is 1. The molecule has 1 fully saturated rings. The molecule has 70 valence electrons. The van der Waals surface area contributed by atoms with Gasteiger partial charge in [0, 0.05) is 25.2 Å². The molecule has 1 unspecified atom stereocenters. The number of hydrogen-bond acceptors (Lipinski definition) is 3. The van der Waals surface area contributed by atoms with Gasteiger partial charge in [-0.3, -0.25) is 4.90 Å². The summed E-state index contributed by atoms with van der Waals surface area (Å²) in [5.41, 5.74) is 1.52. The fourth-order valence-electron chi connectivity index (χ4n) is 1.25. The quantitative estimate of drug-likeness (QED) is 0.703. The molecule has 0 aromatic heterocycles. The van der Waals surface area contributed by atoms with E-state index in [9.17, 15) is 0 Å². The summed E-state index contributed by atoms with van der Waals surface area (Å²) in [5.74, 6) is 0. The predicted octanol–water partition coefficient (Wildman–Crippen LogP) is 0.432. The van der Waals surface area contributed by atoms with Crippen LogP contribution in [-0.4, -0.2) is 49.0 Å². The topological polar surface area (TPSA) is 32.7 Å². The summed E-state index contributed by atoms with van der Waals surface area (Å²) >= 11 is 5.40. The van der Waals surface area contributed by atoms with Gasteiger partial charge in [0.25, 0.3) is 0 Å². The van der Waals surface area contributed by atoms with Gasteiger partial charge in [-0.1, -0.05) is 17.7 Å². The Morgan fingerprint density at radius 2 is 2.50 bits per heavy atom. The van der Waals surface area contributed by atoms with Crippen LogP contribution in [0.3, 0.4) is 0 Å². The Morgan fingerprint density at radius 1 is 1.67 bits per heavy atom. The summed E-state index contributed by atoms with van der Waals surface area (Å²) in [6.07, 6.45) is 1.86. The van der Waals surface area contributed by atoms with Gasteiger partial charge >= 0.3 is 0 Å². The summed E-state index contributed by atoms with van der Waals surface area (Å²) in [6, 6.07) is 0. The predicted molar refractivity (Wildman–Crippen MR) is 48.3 cm³/mol. The van der Waals surface area contributed by atoms with Crippen LogP contribution in [0.25, 0.3) is 0 Å². The highest BCUT2D eigenvalue weighted by Crippen LogP contribution is 2.04. The van der Waals surface area contributed by atoms with Gasteiger partial charge < -0.3 is 9.84 Å². The lowest BCUT2D eigenvalue weighted by molar-refractivity contribution is -0.0495. The Hall–Kier alpha value is -0.0900. The Bertz CT molecular complexity index is 152. The second-order valence-corrected chi connectivity index (χ2v) is 3.05. The molecule has 0 saturated carbocycles. The van der Waals surface area contributed by atoms with Crippen molar-refractivity contribution in [3.8, 4) is 0 Å². The van der Waals surface area contributed by atoms with Gasteiger partial charge in [0.15, 0.2) is 0 Å². The van der Waals surface area contributed by atoms with E-state index in [0.29, 0.717) is 6.61 Å². The highest BCUT2D eigenvalue weighted by molar-refractivity contribution is 6.25. The lowest BCUT2D eigenvalue weighted by atomic mass is 10.3. The molecule has 12 heavy (non-hydrogen) atoms. The van der Waals surface area contributed by atoms with Crippen molar-refractivity contribution in [2.24, 2.45) is 0 Å². The number of ether oxygens (including phenoxy) is 1. The van der Waals surface area contributed by atoms with E-state index in [2.05, 4.69) is 4.90 Å². The summed E-state index contributed by atoms with van der Waals surface area (Å²) < 4.78 is 5.29. The van der Waals surface area contributed by atoms with Crippen molar-refractivity contribution in [3.05, 3.63) is 11.6 Å². The minimum atomic E-state index is -0.0255. The first-order valence-electron chi connectivity index (χ1n) is 4.07. The van der Waals surface area contributed by atoms with Crippen LogP contribution in [0.15, 0.2) is 11.6 Å². The van der Waals surface area contributed by atoms with Crippen LogP contribution in [-0.2, 0) is 4.74 Å². The molecule has 0 aromatic rings. The molecule has 1 N–H and O–H groups in total. The third-order valence-corrected chi connectivity index (χ3v) is 2.06. The van der Waals surface area contributed by atoms with E-state index in [0.717, 1.165) is 19.6 Å². The average Bonchev–Trinajstić information content (AvgIpc) is 2.15. The largest absolute Gasteiger partial charge is 0.394 e. The highest BCUT2D eigenvalue weighted by atomic mass is 35.5. The smallest absolute Gasteiger partial charge is 0.0932 e. The monoisotopic (exact) mass is 191 g/mol. The maximum atomic E-state index is 8.84. The van der Waals surface area contributed by atoms with Crippen LogP contribution in [0.2, 0.25) is 0 Å². The normalized spacial score (nSPS) is 26.7. The summed E-state index contributed by atoms with van der Waals surface area (Å²) in [5, 5.41) is 8.84. The van der Waals surface area contributed by atoms with Crippen molar-refractivity contribution < 1.29 is 9.84 Å². The molecule has 0 radical (unpaired) electrons. The SMILES string of the molecule is OCC1CN(C/C=C/Cl)CCO1. The first kappa shape index (κ1) is 9.99. The molecule has 1 heterocycles. The van der Waals surface area contributed by atoms with Crippen molar-refractivity contribution in [2.45, 2.75) is 6.10 Å². The summed E-state index contributed by atoms with van der Waals surface area (Å²) in [7, 11) is 0. The minimum absolute atomic E-state index is 0.0255. The highest BCUT2D eigenvalue weighted by Gasteiger charge is 2.17. The minimum Gasteiger partial charge on any atom is -0.394 e. The van der Waals surface area contributed by atoms with Crippen LogP contribution < -0.4 is 0 Å². The van der Waals surface area contributed by atoms with Gasteiger partial charge in [-0.2, -0.15) is 0 Å². The summed E-state index contributed by atoms with van der Waals surface area (Å²) in [6.45, 7) is 3.33. The molecule has 0 amide bonds. The molecular weight excluding hydrogens is 178 g/mol. The number of rotatable bonds is 3. The van der Waals surface area contributed by atoms with E-state index in [-0.39, 0.29) is 12.7 Å². The zero-order valence-corrected chi connectivity index (χ0v) is 7.70. The maximum Gasteiger partial charge on any atom is 0.0932 e. The number of halogens is 1. The Balaban J connectivity index is 2.25. The van der Waals surface area contributed by atoms with Gasteiger partial charge in [0.05, 0.1) is 19.3 Å². The molecule has 1 saturated heterocycles. The van der Waals surface area contributed by atoms with Gasteiger partial charge in [-0.15, -0.1) is 0 Å². The van der Waals surface area contributed by atoms with Crippen molar-refractivity contribution in [2.75, 3.05) is 32.8 Å². The van der Waals surface area contributed by atoms with Gasteiger partial charge in [-0.05, 0) is 0 Å². The average molecular weight is 192 g/mol. The van der Waals surface area contributed by atoms with Gasteiger partial charge in [0.2, 0.25) is 0 Å². The molecule has 3 nitrogen and oxygen atoms in total. The Labute approximate surface area is 77.6 Å². The molecule has 0 bridgehead atoms. The first-order chi connectivity index (χ1) is 5.86. The van der Waals surface area contributed by atoms with E-state index >= 15 is 0 Å². The van der Waals surface area contributed by atoms with E-state index in [1.807, 2.05) is 6.08 Å². The molecule has 0 spiro atoms. The van der Waals surface area contributed by atoms with E-state index in [4.69, 9.17) is 21.4 Å². The van der Waals surface area contributed by atoms with E-state index in [1.165, 1.54) is 5.54 Å². The van der Waals surface area contributed by atoms with Crippen molar-refractivity contribution in [1.82, 2.24) is 4.90 Å². The second-order valence-electron chi connectivity index (χ2n) is 2.80. The molecule has 0 aromatic carbocycles. The maximum absolute atomic E-state index is 8.84. The second kappa shape index (κ2) is 5.54. The number of morpholine rings is 1. The van der Waals surface area contributed by atoms with Crippen LogP contribution >= 0.6 is 11.6 Å². The fourth-order valence-corrected chi connectivity index (χ4v) is 1.33. The molecule has 0 aliphatic carbocycles. The number of aliphatic hydroxyl groups excluding tert-OH is 1. The molecule has 1 aliphatic heterocycles. The summed E-state index contributed by atoms with van der Waals surface area (Å²) in [4.78, 5) is 2.20. The lowest BCUT2D eigenvalue weighted by Crippen LogP contribution is -2.43. The van der Waals surface area contributed by atoms with Crippen LogP contribution in [0.4, 0.5) is 0 Å². The van der Waals surface area contributed by atoms with Gasteiger partial charge in [0.1, 0.15) is 0 Å². The number of hydrogen-bond donors (Lipinski definition) is 1. The Kier molecular flexibility index (Phi) is 4.61. The third kappa shape index (κ3) is 3.11. The molecular formula is C8H14ClNO2. The van der Waals surface area contributed by atoms with Crippen molar-refractivity contribution >= 4 is 11.6 Å². The zero-order chi connectivity index (χ0) is 8.81. The van der Waals surface area contributed by atoms with Crippen molar-refractivity contribution in [1.29, 1.82) is 0 Å². The van der Waals surface area contributed by atoms with Crippen molar-refractivity contribution in [3.63, 3.8) is 0 Å². The first-order valence-corrected chi connectivity index (χ1v) is 4.50. The lowest BCUT2D eigenvalue weighted by Gasteiger charge is -2.30.